The molecule has 0 aliphatic rings. The number of fused-ring (bicyclic) bond motifs is 1. The number of alkyl halides is 3. The lowest BCUT2D eigenvalue weighted by Crippen LogP contribution is -2.43. The Morgan fingerprint density at radius 3 is 2.24 bits per heavy atom. The number of esters is 1. The monoisotopic (exact) mass is 430 g/mol. The van der Waals surface area contributed by atoms with Crippen molar-refractivity contribution in [1.82, 2.24) is 0 Å². The van der Waals surface area contributed by atoms with Gasteiger partial charge in [-0.15, -0.1) is 0 Å². The minimum Gasteiger partial charge on any atom is -0.462 e. The smallest absolute Gasteiger partial charge is 0.416 e. The summed E-state index contributed by atoms with van der Waals surface area (Å²) in [5.41, 5.74) is -2.23. The van der Waals surface area contributed by atoms with E-state index in [0.717, 1.165) is 19.2 Å². The third-order valence-electron chi connectivity index (χ3n) is 4.65. The highest BCUT2D eigenvalue weighted by molar-refractivity contribution is 6.36. The number of hydrogen-bond donors (Lipinski definition) is 0. The molecule has 2 aromatic carbocycles. The summed E-state index contributed by atoms with van der Waals surface area (Å²) in [4.78, 5) is 12.2. The van der Waals surface area contributed by atoms with E-state index in [4.69, 9.17) is 21.1 Å². The molecule has 7 heteroatoms. The number of rotatable bonds is 5. The second-order valence-electron chi connectivity index (χ2n) is 8.61. The number of benzene rings is 2. The van der Waals surface area contributed by atoms with Gasteiger partial charge in [-0.2, -0.15) is 13.2 Å². The van der Waals surface area contributed by atoms with E-state index in [1.54, 1.807) is 39.8 Å². The first-order chi connectivity index (χ1) is 13.1. The maximum Gasteiger partial charge on any atom is 0.416 e. The van der Waals surface area contributed by atoms with Gasteiger partial charge in [0.1, 0.15) is 12.7 Å². The standard InChI is InChI=1S/C22H26ClF3O3/c1-13-11-14-9-7-8-10-15(14)18(23)17(13)16(12-28-19(27)20(2,3)4)29-21(5,6)22(24,25)26/h7-11,16H,12H2,1-6H3. The number of ether oxygens (including phenoxy) is 2. The van der Waals surface area contributed by atoms with Gasteiger partial charge >= 0.3 is 12.1 Å². The molecule has 0 aromatic heterocycles. The molecule has 1 unspecified atom stereocenters. The van der Waals surface area contributed by atoms with Crippen LogP contribution in [0, 0.1) is 12.3 Å². The topological polar surface area (TPSA) is 35.5 Å². The summed E-state index contributed by atoms with van der Waals surface area (Å²) < 4.78 is 51.2. The van der Waals surface area contributed by atoms with Crippen LogP contribution < -0.4 is 0 Å². The largest absolute Gasteiger partial charge is 0.462 e. The van der Waals surface area contributed by atoms with Crippen molar-refractivity contribution in [1.29, 1.82) is 0 Å². The second kappa shape index (κ2) is 8.15. The molecule has 0 saturated carbocycles. The van der Waals surface area contributed by atoms with E-state index >= 15 is 0 Å². The molecule has 29 heavy (non-hydrogen) atoms. The summed E-state index contributed by atoms with van der Waals surface area (Å²) in [5, 5.41) is 1.84. The van der Waals surface area contributed by atoms with Crippen molar-refractivity contribution in [3.63, 3.8) is 0 Å². The van der Waals surface area contributed by atoms with Gasteiger partial charge in [-0.3, -0.25) is 4.79 Å². The number of carbonyl (C=O) groups excluding carboxylic acids is 1. The molecule has 0 spiro atoms. The predicted octanol–water partition coefficient (Wildman–Crippen LogP) is 6.79. The van der Waals surface area contributed by atoms with Crippen LogP contribution in [0.4, 0.5) is 13.2 Å². The summed E-state index contributed by atoms with van der Waals surface area (Å²) in [5.74, 6) is -0.537. The normalized spacial score (nSPS) is 14.1. The van der Waals surface area contributed by atoms with Crippen LogP contribution >= 0.6 is 11.6 Å². The Labute approximate surface area is 174 Å². The highest BCUT2D eigenvalue weighted by Crippen LogP contribution is 2.41. The van der Waals surface area contributed by atoms with E-state index in [0.29, 0.717) is 16.5 Å². The fourth-order valence-electron chi connectivity index (χ4n) is 2.81. The van der Waals surface area contributed by atoms with Crippen molar-refractivity contribution in [3.05, 3.63) is 46.5 Å². The lowest BCUT2D eigenvalue weighted by atomic mass is 9.96. The summed E-state index contributed by atoms with van der Waals surface area (Å²) >= 11 is 6.59. The first-order valence-corrected chi connectivity index (χ1v) is 9.62. The number of aryl methyl sites for hydroxylation is 1. The number of carbonyl (C=O) groups is 1. The Morgan fingerprint density at radius 2 is 1.69 bits per heavy atom. The van der Waals surface area contributed by atoms with E-state index in [-0.39, 0.29) is 11.6 Å². The molecular weight excluding hydrogens is 405 g/mol. The van der Waals surface area contributed by atoms with Gasteiger partial charge in [0.05, 0.1) is 10.4 Å². The summed E-state index contributed by atoms with van der Waals surface area (Å²) in [6.07, 6.45) is -5.80. The average Bonchev–Trinajstić information content (AvgIpc) is 2.57. The first-order valence-electron chi connectivity index (χ1n) is 9.24. The molecule has 1 atom stereocenters. The highest BCUT2D eigenvalue weighted by Gasteiger charge is 2.50. The molecule has 2 aromatic rings. The quantitative estimate of drug-likeness (QED) is 0.490. The van der Waals surface area contributed by atoms with Crippen LogP contribution in [0.3, 0.4) is 0 Å². The Hall–Kier alpha value is -1.79. The first kappa shape index (κ1) is 23.5. The molecule has 0 aliphatic heterocycles. The molecule has 0 bridgehead atoms. The lowest BCUT2D eigenvalue weighted by Gasteiger charge is -2.34. The van der Waals surface area contributed by atoms with Crippen LogP contribution in [0.2, 0.25) is 5.02 Å². The van der Waals surface area contributed by atoms with Crippen molar-refractivity contribution in [2.45, 2.75) is 59.4 Å². The zero-order chi connectivity index (χ0) is 22.2. The Morgan fingerprint density at radius 1 is 1.10 bits per heavy atom. The molecule has 0 aliphatic carbocycles. The zero-order valence-corrected chi connectivity index (χ0v) is 18.2. The molecule has 0 radical (unpaired) electrons. The summed E-state index contributed by atoms with van der Waals surface area (Å²) in [7, 11) is 0. The van der Waals surface area contributed by atoms with E-state index in [1.807, 2.05) is 18.2 Å². The Balaban J connectivity index is 2.52. The molecule has 0 N–H and O–H groups in total. The van der Waals surface area contributed by atoms with Crippen LogP contribution in [0.15, 0.2) is 30.3 Å². The van der Waals surface area contributed by atoms with E-state index in [9.17, 15) is 18.0 Å². The van der Waals surface area contributed by atoms with Crippen molar-refractivity contribution < 1.29 is 27.4 Å². The molecule has 0 heterocycles. The van der Waals surface area contributed by atoms with Crippen molar-refractivity contribution >= 4 is 28.3 Å². The summed E-state index contributed by atoms with van der Waals surface area (Å²) in [6, 6.07) is 9.13. The lowest BCUT2D eigenvalue weighted by molar-refractivity contribution is -0.281. The SMILES string of the molecule is Cc1cc2ccccc2c(Cl)c1C(COC(=O)C(C)(C)C)OC(C)(C)C(F)(F)F. The van der Waals surface area contributed by atoms with Crippen LogP contribution in [0.1, 0.15) is 51.8 Å². The number of hydrogen-bond acceptors (Lipinski definition) is 3. The van der Waals surface area contributed by atoms with E-state index in [1.165, 1.54) is 0 Å². The van der Waals surface area contributed by atoms with Crippen LogP contribution in [-0.2, 0) is 14.3 Å². The summed E-state index contributed by atoms with van der Waals surface area (Å²) in [6.45, 7) is 8.24. The van der Waals surface area contributed by atoms with Gasteiger partial charge in [0.15, 0.2) is 5.60 Å². The van der Waals surface area contributed by atoms with E-state index in [2.05, 4.69) is 0 Å². The second-order valence-corrected chi connectivity index (χ2v) is 8.98. The minimum absolute atomic E-state index is 0.287. The maximum absolute atomic E-state index is 13.5. The molecule has 0 amide bonds. The molecular formula is C22H26ClF3O3. The van der Waals surface area contributed by atoms with Crippen molar-refractivity contribution in [2.24, 2.45) is 5.41 Å². The fourth-order valence-corrected chi connectivity index (χ4v) is 3.26. The molecule has 0 saturated heterocycles. The van der Waals surface area contributed by atoms with Gasteiger partial charge in [-0.25, -0.2) is 0 Å². The highest BCUT2D eigenvalue weighted by atomic mass is 35.5. The molecule has 3 nitrogen and oxygen atoms in total. The number of halogens is 4. The Kier molecular flexibility index (Phi) is 6.60. The van der Waals surface area contributed by atoms with Crippen molar-refractivity contribution in [3.8, 4) is 0 Å². The van der Waals surface area contributed by atoms with Crippen LogP contribution in [-0.4, -0.2) is 24.4 Å². The molecule has 0 fully saturated rings. The molecule has 2 rings (SSSR count). The zero-order valence-electron chi connectivity index (χ0n) is 17.4. The third kappa shape index (κ3) is 5.23. The van der Waals surface area contributed by atoms with E-state index < -0.39 is 29.3 Å². The maximum atomic E-state index is 13.5. The van der Waals surface area contributed by atoms with Crippen LogP contribution in [0.5, 0.6) is 0 Å². The van der Waals surface area contributed by atoms with Crippen LogP contribution in [0.25, 0.3) is 10.8 Å². The van der Waals surface area contributed by atoms with Gasteiger partial charge < -0.3 is 9.47 Å². The predicted molar refractivity (Wildman–Crippen MR) is 108 cm³/mol. The molecule has 160 valence electrons. The van der Waals surface area contributed by atoms with Gasteiger partial charge in [0.25, 0.3) is 0 Å². The Bertz CT molecular complexity index is 899. The fraction of sp³-hybridized carbons (Fsp3) is 0.500. The average molecular weight is 431 g/mol. The third-order valence-corrected chi connectivity index (χ3v) is 5.06. The van der Waals surface area contributed by atoms with Gasteiger partial charge in [0.2, 0.25) is 0 Å². The van der Waals surface area contributed by atoms with Gasteiger partial charge in [0, 0.05) is 10.9 Å². The minimum atomic E-state index is -4.61. The van der Waals surface area contributed by atoms with Gasteiger partial charge in [-0.1, -0.05) is 41.9 Å². The van der Waals surface area contributed by atoms with Gasteiger partial charge in [-0.05, 0) is 52.5 Å². The van der Waals surface area contributed by atoms with Crippen molar-refractivity contribution in [2.75, 3.05) is 6.61 Å².